The maximum atomic E-state index is 11.5. The number of carbonyl (C=O) groups excluding carboxylic acids is 1. The van der Waals surface area contributed by atoms with Gasteiger partial charge in [0.2, 0.25) is 5.91 Å². The Bertz CT molecular complexity index is 803. The molecule has 0 bridgehead atoms. The summed E-state index contributed by atoms with van der Waals surface area (Å²) in [5, 5.41) is 0.877. The van der Waals surface area contributed by atoms with Crippen molar-refractivity contribution in [3.63, 3.8) is 0 Å². The van der Waals surface area contributed by atoms with E-state index in [2.05, 4.69) is 46.2 Å². The molecular weight excluding hydrogens is 346 g/mol. The second-order valence-electron chi connectivity index (χ2n) is 6.99. The third-order valence-corrected chi connectivity index (χ3v) is 5.90. The van der Waals surface area contributed by atoms with Crippen molar-refractivity contribution < 1.29 is 4.79 Å². The first-order valence-corrected chi connectivity index (χ1v) is 9.63. The lowest BCUT2D eigenvalue weighted by Crippen LogP contribution is -2.49. The Hall–Kier alpha value is -2.04. The maximum Gasteiger partial charge on any atom is 0.219 e. The Morgan fingerprint density at radius 3 is 2.65 bits per heavy atom. The van der Waals surface area contributed by atoms with Crippen molar-refractivity contribution in [1.82, 2.24) is 9.80 Å². The first kappa shape index (κ1) is 17.4. The number of rotatable bonds is 3. The summed E-state index contributed by atoms with van der Waals surface area (Å²) in [6.45, 7) is 7.09. The Kier molecular flexibility index (Phi) is 4.88. The van der Waals surface area contributed by atoms with E-state index in [1.807, 2.05) is 11.0 Å². The average molecular weight is 370 g/mol. The van der Waals surface area contributed by atoms with Gasteiger partial charge in [-0.05, 0) is 24.1 Å². The second kappa shape index (κ2) is 7.29. The van der Waals surface area contributed by atoms with Crippen LogP contribution >= 0.6 is 11.6 Å². The van der Waals surface area contributed by atoms with Gasteiger partial charge in [-0.2, -0.15) is 0 Å². The lowest BCUT2D eigenvalue weighted by molar-refractivity contribution is -0.130. The number of carbonyl (C=O) groups is 1. The highest BCUT2D eigenvalue weighted by Gasteiger charge is 2.28. The molecule has 2 heterocycles. The van der Waals surface area contributed by atoms with Gasteiger partial charge in [-0.1, -0.05) is 42.0 Å². The van der Waals surface area contributed by atoms with E-state index in [0.29, 0.717) is 0 Å². The first-order chi connectivity index (χ1) is 12.6. The predicted molar refractivity (Wildman–Crippen MR) is 107 cm³/mol. The number of allylic oxidation sites excluding steroid dienone is 4. The summed E-state index contributed by atoms with van der Waals surface area (Å²) >= 11 is 6.71. The van der Waals surface area contributed by atoms with Gasteiger partial charge < -0.3 is 9.80 Å². The molecule has 3 aliphatic rings. The zero-order valence-corrected chi connectivity index (χ0v) is 15.9. The molecule has 1 aromatic rings. The van der Waals surface area contributed by atoms with Crippen molar-refractivity contribution in [2.45, 2.75) is 13.3 Å². The number of hydrogen-bond donors (Lipinski definition) is 0. The number of piperazine rings is 1. The van der Waals surface area contributed by atoms with E-state index in [-0.39, 0.29) is 5.91 Å². The van der Waals surface area contributed by atoms with Crippen LogP contribution in [0.25, 0.3) is 5.03 Å². The summed E-state index contributed by atoms with van der Waals surface area (Å²) in [7, 11) is 0. The summed E-state index contributed by atoms with van der Waals surface area (Å²) in [6, 6.07) is 8.39. The van der Waals surface area contributed by atoms with Crippen molar-refractivity contribution in [3.05, 3.63) is 59.3 Å². The van der Waals surface area contributed by atoms with Gasteiger partial charge >= 0.3 is 0 Å². The van der Waals surface area contributed by atoms with Gasteiger partial charge in [0.15, 0.2) is 0 Å². The molecule has 1 amide bonds. The van der Waals surface area contributed by atoms with Crippen LogP contribution < -0.4 is 4.90 Å². The molecule has 5 heteroatoms. The van der Waals surface area contributed by atoms with Crippen LogP contribution in [0.1, 0.15) is 18.9 Å². The van der Waals surface area contributed by atoms with E-state index in [9.17, 15) is 4.79 Å². The molecule has 0 atom stereocenters. The molecule has 4 rings (SSSR count). The van der Waals surface area contributed by atoms with Crippen LogP contribution in [0.5, 0.6) is 0 Å². The molecule has 1 aromatic carbocycles. The van der Waals surface area contributed by atoms with Gasteiger partial charge in [-0.15, -0.1) is 0 Å². The number of benzene rings is 1. The van der Waals surface area contributed by atoms with Gasteiger partial charge in [0.1, 0.15) is 0 Å². The highest BCUT2D eigenvalue weighted by Crippen LogP contribution is 2.44. The largest absolute Gasteiger partial charge is 0.340 e. The number of nitrogens with zero attached hydrogens (tertiary/aromatic N) is 3. The van der Waals surface area contributed by atoms with E-state index >= 15 is 0 Å². The Morgan fingerprint density at radius 2 is 1.88 bits per heavy atom. The number of anilines is 1. The second-order valence-corrected chi connectivity index (χ2v) is 7.37. The SMILES string of the molecule is CC(=O)N1CCN(CCN2C3=CC=CCC3=C(Cl)c3ccccc32)CC1. The maximum absolute atomic E-state index is 11.5. The van der Waals surface area contributed by atoms with E-state index in [1.165, 1.54) is 17.0 Å². The smallest absolute Gasteiger partial charge is 0.219 e. The Morgan fingerprint density at radius 1 is 1.12 bits per heavy atom. The molecule has 1 saturated heterocycles. The van der Waals surface area contributed by atoms with Crippen LogP contribution in [-0.2, 0) is 4.79 Å². The molecule has 0 saturated carbocycles. The Balaban J connectivity index is 1.52. The standard InChI is InChI=1S/C21H24ClN3O/c1-16(26)24-13-10-23(11-14-24)12-15-25-19-8-4-2-6-17(19)21(22)18-7-3-5-9-20(18)25/h2-6,8-9H,7,10-15H2,1H3. The van der Waals surface area contributed by atoms with Gasteiger partial charge in [-0.25, -0.2) is 0 Å². The zero-order chi connectivity index (χ0) is 18.1. The summed E-state index contributed by atoms with van der Waals surface area (Å²) in [6.07, 6.45) is 7.33. The molecule has 26 heavy (non-hydrogen) atoms. The molecule has 0 N–H and O–H groups in total. The molecular formula is C21H24ClN3O. The molecule has 0 unspecified atom stereocenters. The zero-order valence-electron chi connectivity index (χ0n) is 15.1. The fourth-order valence-corrected chi connectivity index (χ4v) is 4.29. The summed E-state index contributed by atoms with van der Waals surface area (Å²) in [5.41, 5.74) is 4.75. The molecule has 1 fully saturated rings. The van der Waals surface area contributed by atoms with Crippen molar-refractivity contribution in [2.75, 3.05) is 44.2 Å². The minimum atomic E-state index is 0.179. The predicted octanol–water partition coefficient (Wildman–Crippen LogP) is 3.46. The van der Waals surface area contributed by atoms with E-state index in [1.54, 1.807) is 6.92 Å². The quantitative estimate of drug-likeness (QED) is 0.816. The summed E-state index contributed by atoms with van der Waals surface area (Å²) in [5.74, 6) is 0.179. The number of amides is 1. The topological polar surface area (TPSA) is 26.8 Å². The van der Waals surface area contributed by atoms with Crippen LogP contribution in [0.15, 0.2) is 53.8 Å². The monoisotopic (exact) mass is 369 g/mol. The fraction of sp³-hybridized carbons (Fsp3) is 0.381. The molecule has 0 radical (unpaired) electrons. The van der Waals surface area contributed by atoms with Gasteiger partial charge in [0.25, 0.3) is 0 Å². The molecule has 0 spiro atoms. The molecule has 4 nitrogen and oxygen atoms in total. The first-order valence-electron chi connectivity index (χ1n) is 9.26. The lowest BCUT2D eigenvalue weighted by Gasteiger charge is -2.39. The van der Waals surface area contributed by atoms with Crippen LogP contribution in [-0.4, -0.2) is 55.0 Å². The minimum Gasteiger partial charge on any atom is -0.340 e. The number of halogens is 1. The minimum absolute atomic E-state index is 0.179. The van der Waals surface area contributed by atoms with E-state index in [0.717, 1.165) is 56.3 Å². The Labute approximate surface area is 160 Å². The number of fused-ring (bicyclic) bond motifs is 2. The normalized spacial score (nSPS) is 20.0. The van der Waals surface area contributed by atoms with E-state index < -0.39 is 0 Å². The van der Waals surface area contributed by atoms with Crippen LogP contribution in [0.2, 0.25) is 0 Å². The van der Waals surface area contributed by atoms with Crippen LogP contribution in [0, 0.1) is 0 Å². The number of para-hydroxylation sites is 1. The molecule has 0 aromatic heterocycles. The average Bonchev–Trinajstić information content (AvgIpc) is 2.68. The van der Waals surface area contributed by atoms with Crippen molar-refractivity contribution in [3.8, 4) is 0 Å². The number of hydrogen-bond acceptors (Lipinski definition) is 3. The lowest BCUT2D eigenvalue weighted by atomic mass is 9.94. The van der Waals surface area contributed by atoms with E-state index in [4.69, 9.17) is 11.6 Å². The highest BCUT2D eigenvalue weighted by molar-refractivity contribution is 6.50. The highest BCUT2D eigenvalue weighted by atomic mass is 35.5. The third kappa shape index (κ3) is 3.19. The summed E-state index contributed by atoms with van der Waals surface area (Å²) < 4.78 is 0. The van der Waals surface area contributed by atoms with Crippen molar-refractivity contribution >= 4 is 28.2 Å². The van der Waals surface area contributed by atoms with Gasteiger partial charge in [0.05, 0.1) is 5.03 Å². The molecule has 1 aliphatic carbocycles. The van der Waals surface area contributed by atoms with Gasteiger partial charge in [-0.3, -0.25) is 9.69 Å². The van der Waals surface area contributed by atoms with Crippen LogP contribution in [0.4, 0.5) is 5.69 Å². The summed E-state index contributed by atoms with van der Waals surface area (Å²) in [4.78, 5) is 18.3. The van der Waals surface area contributed by atoms with Crippen molar-refractivity contribution in [1.29, 1.82) is 0 Å². The molecule has 136 valence electrons. The van der Waals surface area contributed by atoms with Gasteiger partial charge in [0, 0.05) is 63.1 Å². The molecule has 2 aliphatic heterocycles. The van der Waals surface area contributed by atoms with Crippen molar-refractivity contribution in [2.24, 2.45) is 0 Å². The third-order valence-electron chi connectivity index (χ3n) is 5.47. The fourth-order valence-electron chi connectivity index (χ4n) is 3.96. The van der Waals surface area contributed by atoms with Crippen LogP contribution in [0.3, 0.4) is 0 Å².